The molecule has 2 fully saturated rings. The molecule has 2 aliphatic heterocycles. The number of fused-ring (bicyclic) bond motifs is 1. The van der Waals surface area contributed by atoms with Gasteiger partial charge in [0, 0.05) is 23.4 Å². The maximum Gasteiger partial charge on any atom is 0.174 e. The number of carbonyl (C=O) groups excluding carboxylic acids is 1. The summed E-state index contributed by atoms with van der Waals surface area (Å²) in [7, 11) is 1.66. The lowest BCUT2D eigenvalue weighted by atomic mass is 9.56. The highest BCUT2D eigenvalue weighted by Gasteiger charge is 2.61. The molecular weight excluding hydrogens is 278 g/mol. The Morgan fingerprint density at radius 2 is 2.23 bits per heavy atom. The molecule has 22 heavy (non-hydrogen) atoms. The van der Waals surface area contributed by atoms with Crippen molar-refractivity contribution >= 4 is 5.78 Å². The topological polar surface area (TPSA) is 47.6 Å². The fraction of sp³-hybridized carbons (Fsp3) is 0.611. The summed E-state index contributed by atoms with van der Waals surface area (Å²) in [6.45, 7) is 5.30. The first-order valence-electron chi connectivity index (χ1n) is 8.20. The first kappa shape index (κ1) is 14.1. The first-order chi connectivity index (χ1) is 10.6. The minimum atomic E-state index is -0.333. The summed E-state index contributed by atoms with van der Waals surface area (Å²) in [6, 6.07) is 4.46. The van der Waals surface area contributed by atoms with E-state index in [1.54, 1.807) is 7.11 Å². The number of methoxy groups -OCH3 is 1. The van der Waals surface area contributed by atoms with E-state index in [2.05, 4.69) is 25.2 Å². The molecule has 3 aliphatic rings. The lowest BCUT2D eigenvalue weighted by Crippen LogP contribution is -2.62. The van der Waals surface area contributed by atoms with Gasteiger partial charge in [0.1, 0.15) is 0 Å². The van der Waals surface area contributed by atoms with Crippen molar-refractivity contribution in [3.05, 3.63) is 23.3 Å². The predicted octanol–water partition coefficient (Wildman–Crippen LogP) is 2.36. The molecule has 0 aromatic heterocycles. The molecule has 4 rings (SSSR count). The van der Waals surface area contributed by atoms with Gasteiger partial charge in [-0.05, 0) is 50.8 Å². The molecule has 4 heteroatoms. The van der Waals surface area contributed by atoms with Crippen LogP contribution >= 0.6 is 0 Å². The molecule has 0 bridgehead atoms. The van der Waals surface area contributed by atoms with Gasteiger partial charge in [0.15, 0.2) is 23.4 Å². The normalized spacial score (nSPS) is 36.1. The highest BCUT2D eigenvalue weighted by atomic mass is 16.5. The molecular formula is C18H23NO3. The van der Waals surface area contributed by atoms with E-state index in [4.69, 9.17) is 9.47 Å². The van der Waals surface area contributed by atoms with Gasteiger partial charge in [-0.25, -0.2) is 0 Å². The van der Waals surface area contributed by atoms with Crippen molar-refractivity contribution in [2.45, 2.75) is 50.7 Å². The molecule has 1 spiro atoms. The third-order valence-electron chi connectivity index (χ3n) is 5.98. The van der Waals surface area contributed by atoms with Crippen molar-refractivity contribution < 1.29 is 14.3 Å². The van der Waals surface area contributed by atoms with Crippen LogP contribution in [-0.4, -0.2) is 31.6 Å². The number of ketones is 1. The van der Waals surface area contributed by atoms with Crippen molar-refractivity contribution in [1.29, 1.82) is 0 Å². The molecule has 4 atom stereocenters. The largest absolute Gasteiger partial charge is 0.493 e. The van der Waals surface area contributed by atoms with Gasteiger partial charge in [-0.3, -0.25) is 4.79 Å². The summed E-state index contributed by atoms with van der Waals surface area (Å²) in [6.07, 6.45) is 2.20. The number of hydrogen-bond donors (Lipinski definition) is 1. The third-order valence-corrected chi connectivity index (χ3v) is 5.98. The third kappa shape index (κ3) is 1.59. The van der Waals surface area contributed by atoms with E-state index in [1.807, 2.05) is 6.07 Å². The van der Waals surface area contributed by atoms with Gasteiger partial charge in [-0.15, -0.1) is 0 Å². The Kier molecular flexibility index (Phi) is 3.02. The molecule has 1 saturated carbocycles. The van der Waals surface area contributed by atoms with Gasteiger partial charge in [0.2, 0.25) is 0 Å². The number of carbonyl (C=O) groups is 1. The summed E-state index contributed by atoms with van der Waals surface area (Å²) in [5.41, 5.74) is 2.27. The van der Waals surface area contributed by atoms with Gasteiger partial charge in [0.05, 0.1) is 7.11 Å². The maximum atomic E-state index is 12.6. The molecule has 0 amide bonds. The highest BCUT2D eigenvalue weighted by Crippen LogP contribution is 2.59. The molecule has 118 valence electrons. The van der Waals surface area contributed by atoms with E-state index in [-0.39, 0.29) is 17.3 Å². The Morgan fingerprint density at radius 1 is 1.41 bits per heavy atom. The maximum absolute atomic E-state index is 12.6. The quantitative estimate of drug-likeness (QED) is 0.865. The van der Waals surface area contributed by atoms with Crippen LogP contribution < -0.4 is 14.8 Å². The second-order valence-electron chi connectivity index (χ2n) is 6.93. The van der Waals surface area contributed by atoms with Gasteiger partial charge >= 0.3 is 0 Å². The predicted molar refractivity (Wildman–Crippen MR) is 83.6 cm³/mol. The van der Waals surface area contributed by atoms with Crippen LogP contribution in [0.4, 0.5) is 0 Å². The van der Waals surface area contributed by atoms with Crippen molar-refractivity contribution in [3.63, 3.8) is 0 Å². The van der Waals surface area contributed by atoms with Gasteiger partial charge < -0.3 is 14.8 Å². The van der Waals surface area contributed by atoms with Crippen molar-refractivity contribution in [2.75, 3.05) is 13.7 Å². The highest BCUT2D eigenvalue weighted by molar-refractivity contribution is 5.88. The number of nitrogens with one attached hydrogen (secondary N) is 1. The van der Waals surface area contributed by atoms with Crippen LogP contribution in [0, 0.1) is 12.8 Å². The second-order valence-corrected chi connectivity index (χ2v) is 6.93. The minimum absolute atomic E-state index is 0.173. The van der Waals surface area contributed by atoms with Crippen LogP contribution in [0.25, 0.3) is 0 Å². The Labute approximate surface area is 131 Å². The summed E-state index contributed by atoms with van der Waals surface area (Å²) in [4.78, 5) is 12.6. The van der Waals surface area contributed by atoms with Crippen LogP contribution in [-0.2, 0) is 10.2 Å². The number of rotatable bonds is 1. The van der Waals surface area contributed by atoms with E-state index in [0.717, 1.165) is 30.9 Å². The SMILES string of the molecule is COc1ccc(C)c2c1O[C@H]1C(=O)CC[C@H]3C(C)NCC[C@]213. The average Bonchev–Trinajstić information content (AvgIpc) is 2.85. The number of hydrogen-bond acceptors (Lipinski definition) is 4. The van der Waals surface area contributed by atoms with Crippen molar-refractivity contribution in [3.8, 4) is 11.5 Å². The lowest BCUT2D eigenvalue weighted by molar-refractivity contribution is -0.134. The standard InChI is InChI=1S/C18H23NO3/c1-10-4-7-14(21-3)16-15(10)18-8-9-19-11(2)12(18)5-6-13(20)17(18)22-16/h4,7,11-12,17,19H,5-6,8-9H2,1-3H3/t11?,12-,17-,18-/m0/s1. The lowest BCUT2D eigenvalue weighted by Gasteiger charge is -2.50. The van der Waals surface area contributed by atoms with Crippen LogP contribution in [0.2, 0.25) is 0 Å². The van der Waals surface area contributed by atoms with Crippen LogP contribution in [0.15, 0.2) is 12.1 Å². The molecule has 1 unspecified atom stereocenters. The van der Waals surface area contributed by atoms with E-state index in [9.17, 15) is 4.79 Å². The van der Waals surface area contributed by atoms with E-state index >= 15 is 0 Å². The first-order valence-corrected chi connectivity index (χ1v) is 8.20. The molecule has 0 radical (unpaired) electrons. The number of Topliss-reactive ketones (excluding diaryl/α,β-unsaturated/α-hetero) is 1. The van der Waals surface area contributed by atoms with Crippen LogP contribution in [0.3, 0.4) is 0 Å². The number of benzene rings is 1. The molecule has 2 heterocycles. The molecule has 4 nitrogen and oxygen atoms in total. The molecule has 1 aliphatic carbocycles. The number of aryl methyl sites for hydroxylation is 1. The summed E-state index contributed by atoms with van der Waals surface area (Å²) >= 11 is 0. The molecule has 1 N–H and O–H groups in total. The second kappa shape index (κ2) is 4.72. The zero-order chi connectivity index (χ0) is 15.5. The Hall–Kier alpha value is -1.55. The van der Waals surface area contributed by atoms with E-state index in [1.165, 1.54) is 11.1 Å². The van der Waals surface area contributed by atoms with Crippen LogP contribution in [0.1, 0.15) is 37.3 Å². The van der Waals surface area contributed by atoms with Gasteiger partial charge in [-0.2, -0.15) is 0 Å². The van der Waals surface area contributed by atoms with Gasteiger partial charge in [0.25, 0.3) is 0 Å². The molecule has 1 aromatic rings. The van der Waals surface area contributed by atoms with E-state index in [0.29, 0.717) is 18.4 Å². The minimum Gasteiger partial charge on any atom is -0.493 e. The Balaban J connectivity index is 1.97. The zero-order valence-corrected chi connectivity index (χ0v) is 13.4. The fourth-order valence-electron chi connectivity index (χ4n) is 5.08. The molecule has 1 aromatic carbocycles. The van der Waals surface area contributed by atoms with Crippen molar-refractivity contribution in [1.82, 2.24) is 5.32 Å². The Bertz CT molecular complexity index is 641. The van der Waals surface area contributed by atoms with Gasteiger partial charge in [-0.1, -0.05) is 6.07 Å². The zero-order valence-electron chi connectivity index (χ0n) is 13.4. The average molecular weight is 301 g/mol. The monoisotopic (exact) mass is 301 g/mol. The fourth-order valence-corrected chi connectivity index (χ4v) is 5.08. The Morgan fingerprint density at radius 3 is 3.00 bits per heavy atom. The number of ether oxygens (including phenoxy) is 2. The van der Waals surface area contributed by atoms with E-state index < -0.39 is 0 Å². The van der Waals surface area contributed by atoms with Crippen LogP contribution in [0.5, 0.6) is 11.5 Å². The summed E-state index contributed by atoms with van der Waals surface area (Å²) in [5, 5.41) is 3.58. The summed E-state index contributed by atoms with van der Waals surface area (Å²) < 4.78 is 11.7. The molecule has 1 saturated heterocycles. The van der Waals surface area contributed by atoms with Crippen molar-refractivity contribution in [2.24, 2.45) is 5.92 Å². The number of piperidine rings is 1. The summed E-state index contributed by atoms with van der Waals surface area (Å²) in [5.74, 6) is 2.25. The smallest absolute Gasteiger partial charge is 0.174 e.